The molecule has 1 amide bonds. The summed E-state index contributed by atoms with van der Waals surface area (Å²) < 4.78 is 38.0. The number of rotatable bonds is 7. The molecule has 3 rings (SSSR count). The third-order valence-corrected chi connectivity index (χ3v) is 5.16. The smallest absolute Gasteiger partial charge is 0.326 e. The molecule has 6 nitrogen and oxygen atoms in total. The fourth-order valence-electron chi connectivity index (χ4n) is 2.90. The Bertz CT molecular complexity index is 1300. The van der Waals surface area contributed by atoms with Gasteiger partial charge in [-0.15, -0.1) is 0 Å². The Morgan fingerprint density at radius 1 is 1.14 bits per heavy atom. The summed E-state index contributed by atoms with van der Waals surface area (Å²) in [5, 5.41) is 5.78. The maximum Gasteiger partial charge on any atom is 0.415 e. The monoisotopic (exact) mass is 543 g/mol. The van der Waals surface area contributed by atoms with Gasteiger partial charge in [0.25, 0.3) is 5.91 Å². The van der Waals surface area contributed by atoms with Crippen LogP contribution in [-0.4, -0.2) is 27.0 Å². The first-order valence-corrected chi connectivity index (χ1v) is 11.1. The van der Waals surface area contributed by atoms with E-state index in [2.05, 4.69) is 48.1 Å². The van der Waals surface area contributed by atoms with Crippen molar-refractivity contribution < 1.29 is 18.0 Å². The highest BCUT2D eigenvalue weighted by Gasteiger charge is 2.30. The average Bonchev–Trinajstić information content (AvgIpc) is 2.80. The van der Waals surface area contributed by atoms with Crippen LogP contribution in [0.3, 0.4) is 0 Å². The maximum absolute atomic E-state index is 12.7. The first kappa shape index (κ1) is 25.8. The lowest BCUT2D eigenvalue weighted by Gasteiger charge is -2.12. The normalized spacial score (nSPS) is 12.3. The van der Waals surface area contributed by atoms with Crippen LogP contribution in [0.25, 0.3) is 11.3 Å². The van der Waals surface area contributed by atoms with E-state index in [9.17, 15) is 18.0 Å². The number of amides is 1. The number of benzene rings is 1. The van der Waals surface area contributed by atoms with Crippen LogP contribution in [0.2, 0.25) is 0 Å². The SMILES string of the molecule is C=C(C=C(Br)C=C(C)NC(=O)c1ccc(C)c(Nc2nccc(-c3cccnc3)n2)c1)C(F)(F)F. The van der Waals surface area contributed by atoms with Gasteiger partial charge in [-0.3, -0.25) is 9.78 Å². The predicted molar refractivity (Wildman–Crippen MR) is 133 cm³/mol. The van der Waals surface area contributed by atoms with Crippen molar-refractivity contribution in [2.24, 2.45) is 0 Å². The molecule has 0 saturated carbocycles. The van der Waals surface area contributed by atoms with Crippen molar-refractivity contribution in [2.45, 2.75) is 20.0 Å². The molecule has 35 heavy (non-hydrogen) atoms. The van der Waals surface area contributed by atoms with Crippen LogP contribution in [-0.2, 0) is 0 Å². The number of aromatic nitrogens is 3. The molecule has 0 aliphatic rings. The Kier molecular flexibility index (Phi) is 8.18. The summed E-state index contributed by atoms with van der Waals surface area (Å²) >= 11 is 3.04. The average molecular weight is 544 g/mol. The molecule has 2 heterocycles. The third kappa shape index (κ3) is 7.35. The first-order valence-electron chi connectivity index (χ1n) is 10.3. The Hall–Kier alpha value is -3.79. The molecular formula is C25H21BrF3N5O. The third-order valence-electron chi connectivity index (χ3n) is 4.70. The number of aryl methyl sites for hydroxylation is 1. The number of pyridine rings is 1. The van der Waals surface area contributed by atoms with Crippen molar-refractivity contribution in [2.75, 3.05) is 5.32 Å². The molecule has 2 aromatic heterocycles. The number of nitrogens with one attached hydrogen (secondary N) is 2. The highest BCUT2D eigenvalue weighted by Crippen LogP contribution is 2.27. The van der Waals surface area contributed by atoms with E-state index in [-0.39, 0.29) is 4.48 Å². The number of allylic oxidation sites excluding steroid dienone is 5. The molecule has 0 aliphatic carbocycles. The minimum Gasteiger partial charge on any atom is -0.326 e. The second-order valence-electron chi connectivity index (χ2n) is 7.50. The number of hydrogen-bond donors (Lipinski definition) is 2. The molecule has 2 N–H and O–H groups in total. The second kappa shape index (κ2) is 11.1. The van der Waals surface area contributed by atoms with E-state index in [0.29, 0.717) is 28.6 Å². The summed E-state index contributed by atoms with van der Waals surface area (Å²) in [6.07, 6.45) is 2.66. The zero-order valence-corrected chi connectivity index (χ0v) is 20.4. The fourth-order valence-corrected chi connectivity index (χ4v) is 3.52. The number of carbonyl (C=O) groups excluding carboxylic acids is 1. The quantitative estimate of drug-likeness (QED) is 0.327. The molecule has 0 fully saturated rings. The van der Waals surface area contributed by atoms with Crippen molar-refractivity contribution >= 4 is 33.5 Å². The Balaban J connectivity index is 1.75. The van der Waals surface area contributed by atoms with E-state index >= 15 is 0 Å². The molecule has 0 radical (unpaired) electrons. The van der Waals surface area contributed by atoms with Crippen LogP contribution in [0.5, 0.6) is 0 Å². The van der Waals surface area contributed by atoms with Crippen LogP contribution in [0.15, 0.2) is 89.5 Å². The lowest BCUT2D eigenvalue weighted by molar-refractivity contribution is -0.0878. The number of carbonyl (C=O) groups is 1. The zero-order valence-electron chi connectivity index (χ0n) is 18.8. The van der Waals surface area contributed by atoms with Gasteiger partial charge in [-0.25, -0.2) is 9.97 Å². The van der Waals surface area contributed by atoms with E-state index in [1.807, 2.05) is 19.1 Å². The van der Waals surface area contributed by atoms with Crippen molar-refractivity contribution in [1.82, 2.24) is 20.3 Å². The molecular weight excluding hydrogens is 523 g/mol. The summed E-state index contributed by atoms with van der Waals surface area (Å²) in [5.74, 6) is -0.0798. The Morgan fingerprint density at radius 3 is 2.60 bits per heavy atom. The number of halogens is 4. The topological polar surface area (TPSA) is 79.8 Å². The van der Waals surface area contributed by atoms with Gasteiger partial charge in [-0.1, -0.05) is 28.6 Å². The summed E-state index contributed by atoms with van der Waals surface area (Å²) in [6, 6.07) is 10.5. The summed E-state index contributed by atoms with van der Waals surface area (Å²) in [6.45, 7) is 6.42. The molecule has 0 aliphatic heterocycles. The van der Waals surface area contributed by atoms with Gasteiger partial charge >= 0.3 is 6.18 Å². The number of hydrogen-bond acceptors (Lipinski definition) is 5. The molecule has 0 saturated heterocycles. The Morgan fingerprint density at radius 2 is 1.91 bits per heavy atom. The van der Waals surface area contributed by atoms with Crippen molar-refractivity contribution in [3.8, 4) is 11.3 Å². The summed E-state index contributed by atoms with van der Waals surface area (Å²) in [7, 11) is 0. The van der Waals surface area contributed by atoms with Gasteiger partial charge in [0, 0.05) is 51.2 Å². The van der Waals surface area contributed by atoms with E-state index in [0.717, 1.165) is 17.2 Å². The molecule has 10 heteroatoms. The summed E-state index contributed by atoms with van der Waals surface area (Å²) in [5.41, 5.74) is 2.69. The maximum atomic E-state index is 12.7. The van der Waals surface area contributed by atoms with Gasteiger partial charge < -0.3 is 10.6 Å². The second-order valence-corrected chi connectivity index (χ2v) is 8.41. The lowest BCUT2D eigenvalue weighted by Crippen LogP contribution is -2.21. The highest BCUT2D eigenvalue weighted by molar-refractivity contribution is 9.11. The van der Waals surface area contributed by atoms with Crippen molar-refractivity contribution in [3.05, 3.63) is 101 Å². The van der Waals surface area contributed by atoms with Crippen LogP contribution in [0.4, 0.5) is 24.8 Å². The molecule has 3 aromatic rings. The van der Waals surface area contributed by atoms with Crippen molar-refractivity contribution in [3.63, 3.8) is 0 Å². The van der Waals surface area contributed by atoms with Crippen LogP contribution < -0.4 is 10.6 Å². The van der Waals surface area contributed by atoms with Gasteiger partial charge in [0.1, 0.15) is 0 Å². The number of alkyl halides is 3. The standard InChI is InChI=1S/C25H21BrF3N5O/c1-15-6-7-18(23(35)32-17(3)12-20(26)11-16(2)25(27,28)29)13-22(15)34-24-31-10-8-21(33-24)19-5-4-9-30-14-19/h4-14H,2H2,1,3H3,(H,32,35)(H,31,33,34). The minimum absolute atomic E-state index is 0.120. The zero-order chi connectivity index (χ0) is 25.6. The largest absolute Gasteiger partial charge is 0.415 e. The number of nitrogens with zero attached hydrogens (tertiary/aromatic N) is 3. The molecule has 0 spiro atoms. The van der Waals surface area contributed by atoms with Crippen LogP contribution >= 0.6 is 15.9 Å². The van der Waals surface area contributed by atoms with Gasteiger partial charge in [0.2, 0.25) is 5.95 Å². The molecule has 180 valence electrons. The minimum atomic E-state index is -4.53. The molecule has 0 bridgehead atoms. The van der Waals surface area contributed by atoms with E-state index in [1.165, 1.54) is 6.08 Å². The predicted octanol–water partition coefficient (Wildman–Crippen LogP) is 6.62. The Labute approximate surface area is 208 Å². The van der Waals surface area contributed by atoms with Gasteiger partial charge in [0.15, 0.2) is 0 Å². The molecule has 1 aromatic carbocycles. The van der Waals surface area contributed by atoms with Gasteiger partial charge in [-0.05, 0) is 61.9 Å². The van der Waals surface area contributed by atoms with Gasteiger partial charge in [0.05, 0.1) is 5.69 Å². The molecule has 0 unspecified atom stereocenters. The lowest BCUT2D eigenvalue weighted by atomic mass is 10.1. The van der Waals surface area contributed by atoms with Crippen molar-refractivity contribution in [1.29, 1.82) is 0 Å². The first-order chi connectivity index (χ1) is 16.5. The van der Waals surface area contributed by atoms with Gasteiger partial charge in [-0.2, -0.15) is 13.2 Å². The van der Waals surface area contributed by atoms with E-state index in [4.69, 9.17) is 0 Å². The molecule has 0 atom stereocenters. The fraction of sp³-hybridized carbons (Fsp3) is 0.120. The van der Waals surface area contributed by atoms with Crippen LogP contribution in [0, 0.1) is 6.92 Å². The highest BCUT2D eigenvalue weighted by atomic mass is 79.9. The summed E-state index contributed by atoms with van der Waals surface area (Å²) in [4.78, 5) is 25.6. The van der Waals surface area contributed by atoms with E-state index in [1.54, 1.807) is 49.8 Å². The van der Waals surface area contributed by atoms with E-state index < -0.39 is 17.7 Å². The number of anilines is 2. The van der Waals surface area contributed by atoms with Crippen LogP contribution in [0.1, 0.15) is 22.8 Å².